The fourth-order valence-electron chi connectivity index (χ4n) is 2.76. The summed E-state index contributed by atoms with van der Waals surface area (Å²) in [6.07, 6.45) is 9.79. The van der Waals surface area contributed by atoms with Crippen LogP contribution >= 0.6 is 0 Å². The Balaban J connectivity index is 1.51. The quantitative estimate of drug-likeness (QED) is 0.600. The smallest absolute Gasteiger partial charge is 0.164 e. The molecule has 1 unspecified atom stereocenters. The second-order valence-corrected chi connectivity index (χ2v) is 6.09. The van der Waals surface area contributed by atoms with Gasteiger partial charge < -0.3 is 10.4 Å². The zero-order chi connectivity index (χ0) is 16.4. The monoisotopic (exact) mass is 324 g/mol. The highest BCUT2D eigenvalue weighted by molar-refractivity contribution is 5.52. The first-order valence-corrected chi connectivity index (χ1v) is 8.21. The van der Waals surface area contributed by atoms with Crippen LogP contribution in [-0.4, -0.2) is 30.7 Å². The van der Waals surface area contributed by atoms with Crippen LogP contribution in [0.1, 0.15) is 36.6 Å². The molecule has 7 nitrogen and oxygen atoms in total. The van der Waals surface area contributed by atoms with Crippen molar-refractivity contribution >= 4 is 11.5 Å². The van der Waals surface area contributed by atoms with E-state index in [4.69, 9.17) is 0 Å². The van der Waals surface area contributed by atoms with Gasteiger partial charge in [-0.05, 0) is 30.5 Å². The summed E-state index contributed by atoms with van der Waals surface area (Å²) in [7, 11) is 0. The average Bonchev–Trinajstić information content (AvgIpc) is 3.00. The van der Waals surface area contributed by atoms with Crippen LogP contribution in [-0.2, 0) is 6.54 Å². The molecule has 0 aliphatic heterocycles. The molecule has 0 aromatic carbocycles. The molecule has 3 aromatic rings. The highest BCUT2D eigenvalue weighted by atomic mass is 16.3. The van der Waals surface area contributed by atoms with Crippen LogP contribution in [0, 0.1) is 0 Å². The van der Waals surface area contributed by atoms with E-state index in [9.17, 15) is 5.11 Å². The van der Waals surface area contributed by atoms with Gasteiger partial charge in [0.15, 0.2) is 5.65 Å². The lowest BCUT2D eigenvalue weighted by Gasteiger charge is -2.28. The topological polar surface area (TPSA) is 87.4 Å². The first-order valence-electron chi connectivity index (χ1n) is 8.21. The third kappa shape index (κ3) is 3.08. The van der Waals surface area contributed by atoms with Gasteiger partial charge in [0.2, 0.25) is 0 Å². The molecule has 0 bridgehead atoms. The number of pyridine rings is 1. The lowest BCUT2D eigenvalue weighted by molar-refractivity contribution is 0.106. The van der Waals surface area contributed by atoms with E-state index in [0.717, 1.165) is 24.2 Å². The van der Waals surface area contributed by atoms with E-state index >= 15 is 0 Å². The SMILES string of the molecule is OC(NC1CCC1)c1cnn2ccc(NCc3cccnc3)nc12. The van der Waals surface area contributed by atoms with Crippen molar-refractivity contribution in [1.82, 2.24) is 24.9 Å². The summed E-state index contributed by atoms with van der Waals surface area (Å²) in [5.41, 5.74) is 2.44. The lowest BCUT2D eigenvalue weighted by Crippen LogP contribution is -2.37. The van der Waals surface area contributed by atoms with Crippen molar-refractivity contribution in [2.75, 3.05) is 5.32 Å². The van der Waals surface area contributed by atoms with Gasteiger partial charge in [0.1, 0.15) is 12.0 Å². The molecule has 1 saturated carbocycles. The maximum atomic E-state index is 10.4. The zero-order valence-corrected chi connectivity index (χ0v) is 13.3. The Labute approximate surface area is 139 Å². The molecule has 3 aromatic heterocycles. The molecule has 0 spiro atoms. The minimum absolute atomic E-state index is 0.391. The fourth-order valence-corrected chi connectivity index (χ4v) is 2.76. The second kappa shape index (κ2) is 6.54. The first kappa shape index (κ1) is 15.0. The van der Waals surface area contributed by atoms with Gasteiger partial charge in [-0.3, -0.25) is 10.3 Å². The predicted molar refractivity (Wildman–Crippen MR) is 90.3 cm³/mol. The molecule has 4 rings (SSSR count). The van der Waals surface area contributed by atoms with Crippen molar-refractivity contribution in [3.8, 4) is 0 Å². The number of hydrogen-bond acceptors (Lipinski definition) is 6. The second-order valence-electron chi connectivity index (χ2n) is 6.09. The van der Waals surface area contributed by atoms with E-state index in [0.29, 0.717) is 23.8 Å². The van der Waals surface area contributed by atoms with Gasteiger partial charge >= 0.3 is 0 Å². The first-order chi connectivity index (χ1) is 11.8. The average molecular weight is 324 g/mol. The van der Waals surface area contributed by atoms with Crippen LogP contribution in [0.25, 0.3) is 5.65 Å². The van der Waals surface area contributed by atoms with Crippen molar-refractivity contribution in [2.24, 2.45) is 0 Å². The Bertz CT molecular complexity index is 814. The number of rotatable bonds is 6. The summed E-state index contributed by atoms with van der Waals surface area (Å²) in [6, 6.07) is 6.17. The number of hydrogen-bond donors (Lipinski definition) is 3. The molecule has 0 amide bonds. The normalized spacial score (nSPS) is 16.0. The molecule has 1 aliphatic carbocycles. The molecule has 0 radical (unpaired) electrons. The predicted octanol–water partition coefficient (Wildman–Crippen LogP) is 1.87. The molecule has 0 saturated heterocycles. The Kier molecular flexibility index (Phi) is 4.10. The number of nitrogens with one attached hydrogen (secondary N) is 2. The Morgan fingerprint density at radius 3 is 2.96 bits per heavy atom. The van der Waals surface area contributed by atoms with Gasteiger partial charge in [0.05, 0.1) is 11.8 Å². The molecule has 3 N–H and O–H groups in total. The van der Waals surface area contributed by atoms with Crippen molar-refractivity contribution < 1.29 is 5.11 Å². The van der Waals surface area contributed by atoms with E-state index < -0.39 is 6.23 Å². The summed E-state index contributed by atoms with van der Waals surface area (Å²) in [6.45, 7) is 0.642. The van der Waals surface area contributed by atoms with E-state index in [1.807, 2.05) is 30.6 Å². The van der Waals surface area contributed by atoms with E-state index in [1.165, 1.54) is 6.42 Å². The molecule has 3 heterocycles. The van der Waals surface area contributed by atoms with E-state index in [2.05, 4.69) is 25.7 Å². The van der Waals surface area contributed by atoms with Crippen LogP contribution in [0.2, 0.25) is 0 Å². The van der Waals surface area contributed by atoms with Crippen molar-refractivity contribution in [3.05, 3.63) is 54.1 Å². The summed E-state index contributed by atoms with van der Waals surface area (Å²) in [5, 5.41) is 21.2. The molecule has 124 valence electrons. The van der Waals surface area contributed by atoms with Crippen molar-refractivity contribution in [2.45, 2.75) is 38.1 Å². The number of aromatic nitrogens is 4. The molecule has 1 atom stereocenters. The van der Waals surface area contributed by atoms with E-state index in [1.54, 1.807) is 16.9 Å². The third-order valence-electron chi connectivity index (χ3n) is 4.39. The number of nitrogens with zero attached hydrogens (tertiary/aromatic N) is 4. The van der Waals surface area contributed by atoms with Gasteiger partial charge in [-0.2, -0.15) is 5.10 Å². The standard InChI is InChI=1S/C17H20N6O/c24-17(21-13-4-1-5-13)14-11-20-23-8-6-15(22-16(14)23)19-10-12-3-2-7-18-9-12/h2-3,6-9,11,13,17,21,24H,1,4-5,10H2,(H,19,22). The largest absolute Gasteiger partial charge is 0.374 e. The molecule has 1 aliphatic rings. The third-order valence-corrected chi connectivity index (χ3v) is 4.39. The summed E-state index contributed by atoms with van der Waals surface area (Å²) in [4.78, 5) is 8.69. The van der Waals surface area contributed by atoms with Gasteiger partial charge in [0, 0.05) is 31.2 Å². The molecular weight excluding hydrogens is 304 g/mol. The minimum atomic E-state index is -0.742. The van der Waals surface area contributed by atoms with Crippen LogP contribution in [0.15, 0.2) is 43.0 Å². The number of aliphatic hydroxyl groups is 1. The highest BCUT2D eigenvalue weighted by Gasteiger charge is 2.23. The van der Waals surface area contributed by atoms with Gasteiger partial charge in [0.25, 0.3) is 0 Å². The molecule has 7 heteroatoms. The molecule has 1 fully saturated rings. The highest BCUT2D eigenvalue weighted by Crippen LogP contribution is 2.23. The summed E-state index contributed by atoms with van der Waals surface area (Å²) in [5.74, 6) is 0.740. The van der Waals surface area contributed by atoms with Crippen molar-refractivity contribution in [1.29, 1.82) is 0 Å². The Morgan fingerprint density at radius 2 is 2.21 bits per heavy atom. The lowest BCUT2D eigenvalue weighted by atomic mass is 9.93. The van der Waals surface area contributed by atoms with Crippen LogP contribution in [0.4, 0.5) is 5.82 Å². The van der Waals surface area contributed by atoms with Crippen LogP contribution in [0.3, 0.4) is 0 Å². The Hall–Kier alpha value is -2.51. The summed E-state index contributed by atoms with van der Waals surface area (Å²) < 4.78 is 1.68. The zero-order valence-electron chi connectivity index (χ0n) is 13.3. The number of aliphatic hydroxyl groups excluding tert-OH is 1. The van der Waals surface area contributed by atoms with Gasteiger partial charge in [-0.15, -0.1) is 0 Å². The fraction of sp³-hybridized carbons (Fsp3) is 0.353. The number of fused-ring (bicyclic) bond motifs is 1. The molecular formula is C17H20N6O. The van der Waals surface area contributed by atoms with Crippen LogP contribution in [0.5, 0.6) is 0 Å². The van der Waals surface area contributed by atoms with Gasteiger partial charge in [-0.1, -0.05) is 12.5 Å². The Morgan fingerprint density at radius 1 is 1.29 bits per heavy atom. The van der Waals surface area contributed by atoms with E-state index in [-0.39, 0.29) is 0 Å². The molecule has 24 heavy (non-hydrogen) atoms. The maximum absolute atomic E-state index is 10.4. The maximum Gasteiger partial charge on any atom is 0.164 e. The number of anilines is 1. The van der Waals surface area contributed by atoms with Gasteiger partial charge in [-0.25, -0.2) is 9.50 Å². The van der Waals surface area contributed by atoms with Crippen LogP contribution < -0.4 is 10.6 Å². The van der Waals surface area contributed by atoms with Crippen molar-refractivity contribution in [3.63, 3.8) is 0 Å². The minimum Gasteiger partial charge on any atom is -0.374 e. The summed E-state index contributed by atoms with van der Waals surface area (Å²) >= 11 is 0.